The molecule has 120 valence electrons. The molecule has 0 aromatic heterocycles. The molecule has 0 saturated heterocycles. The minimum atomic E-state index is -1.05. The lowest BCUT2D eigenvalue weighted by atomic mass is 10.1. The number of carboxylic acids is 1. The maximum absolute atomic E-state index is 10.5. The molecule has 1 aromatic rings. The lowest BCUT2D eigenvalue weighted by Gasteiger charge is -2.11. The summed E-state index contributed by atoms with van der Waals surface area (Å²) in [4.78, 5) is 10.5. The Bertz CT molecular complexity index is 575. The van der Waals surface area contributed by atoms with Gasteiger partial charge >= 0.3 is 5.97 Å². The normalized spacial score (nSPS) is 10.8. The number of benzene rings is 1. The second-order valence-electron chi connectivity index (χ2n) is 4.22. The van der Waals surface area contributed by atoms with Gasteiger partial charge in [-0.3, -0.25) is 5.43 Å². The van der Waals surface area contributed by atoms with Crippen LogP contribution in [0, 0.1) is 0 Å². The van der Waals surface area contributed by atoms with Gasteiger partial charge in [0.25, 0.3) is 0 Å². The van der Waals surface area contributed by atoms with Gasteiger partial charge in [-0.1, -0.05) is 0 Å². The van der Waals surface area contributed by atoms with Crippen LogP contribution in [0.25, 0.3) is 0 Å². The van der Waals surface area contributed by atoms with Crippen LogP contribution in [0.15, 0.2) is 23.3 Å². The van der Waals surface area contributed by atoms with Crippen molar-refractivity contribution in [3.8, 4) is 11.5 Å². The Labute approximate surface area is 134 Å². The van der Waals surface area contributed by atoms with E-state index in [9.17, 15) is 4.79 Å². The van der Waals surface area contributed by atoms with Crippen molar-refractivity contribution < 1.29 is 19.4 Å². The van der Waals surface area contributed by atoms with Gasteiger partial charge < -0.3 is 19.9 Å². The molecule has 0 atom stereocenters. The number of hydrogen-bond donors (Lipinski definition) is 3. The van der Waals surface area contributed by atoms with Crippen LogP contribution in [-0.4, -0.2) is 42.2 Å². The Morgan fingerprint density at radius 1 is 1.41 bits per heavy atom. The van der Waals surface area contributed by atoms with Crippen molar-refractivity contribution in [2.24, 2.45) is 5.10 Å². The van der Waals surface area contributed by atoms with Gasteiger partial charge in [-0.15, -0.1) is 0 Å². The number of methoxy groups -OCH3 is 1. The van der Waals surface area contributed by atoms with E-state index < -0.39 is 12.6 Å². The van der Waals surface area contributed by atoms with Gasteiger partial charge in [0.15, 0.2) is 23.2 Å². The molecule has 0 amide bonds. The van der Waals surface area contributed by atoms with E-state index in [0.717, 1.165) is 5.56 Å². The second kappa shape index (κ2) is 8.83. The molecule has 0 spiro atoms. The summed E-state index contributed by atoms with van der Waals surface area (Å²) in [6.45, 7) is 4.03. The summed E-state index contributed by atoms with van der Waals surface area (Å²) in [5.74, 6) is -0.259. The predicted octanol–water partition coefficient (Wildman–Crippen LogP) is 1.37. The first-order valence-corrected chi connectivity index (χ1v) is 6.99. The average molecular weight is 325 g/mol. The minimum absolute atomic E-state index is 0.359. The molecule has 0 radical (unpaired) electrons. The summed E-state index contributed by atoms with van der Waals surface area (Å²) >= 11 is 5.02. The van der Waals surface area contributed by atoms with Crippen LogP contribution in [0.5, 0.6) is 11.5 Å². The maximum Gasteiger partial charge on any atom is 0.341 e. The highest BCUT2D eigenvalue weighted by Crippen LogP contribution is 2.28. The molecule has 0 aliphatic carbocycles. The van der Waals surface area contributed by atoms with Crippen molar-refractivity contribution in [3.63, 3.8) is 0 Å². The first-order valence-electron chi connectivity index (χ1n) is 6.59. The number of carboxylic acid groups (broad SMARTS) is 1. The number of nitrogens with zero attached hydrogens (tertiary/aromatic N) is 1. The zero-order valence-corrected chi connectivity index (χ0v) is 13.5. The molecule has 0 aliphatic heterocycles. The fourth-order valence-electron chi connectivity index (χ4n) is 1.55. The minimum Gasteiger partial charge on any atom is -0.493 e. The van der Waals surface area contributed by atoms with Crippen LogP contribution >= 0.6 is 12.2 Å². The Kier molecular flexibility index (Phi) is 7.11. The molecule has 0 bridgehead atoms. The SMILES string of the molecule is CCNC(=S)N/N=C(/C)c1ccc(OCC(=O)O)c(OC)c1. The molecule has 0 saturated carbocycles. The third kappa shape index (κ3) is 5.57. The predicted molar refractivity (Wildman–Crippen MR) is 87.7 cm³/mol. The quantitative estimate of drug-likeness (QED) is 0.396. The third-order valence-corrected chi connectivity index (χ3v) is 2.83. The fraction of sp³-hybridized carbons (Fsp3) is 0.357. The number of aliphatic carboxylic acids is 1. The van der Waals surface area contributed by atoms with Crippen LogP contribution in [0.2, 0.25) is 0 Å². The standard InChI is InChI=1S/C14H19N3O4S/c1-4-15-14(22)17-16-9(2)10-5-6-11(12(7-10)20-3)21-8-13(18)19/h5-7H,4,8H2,1-3H3,(H,18,19)(H2,15,17,22)/b16-9-. The Hall–Kier alpha value is -2.35. The number of ether oxygens (including phenoxy) is 2. The second-order valence-corrected chi connectivity index (χ2v) is 4.62. The monoisotopic (exact) mass is 325 g/mol. The lowest BCUT2D eigenvalue weighted by Crippen LogP contribution is -2.32. The van der Waals surface area contributed by atoms with E-state index in [1.807, 2.05) is 13.8 Å². The van der Waals surface area contributed by atoms with Crippen molar-refractivity contribution in [2.75, 3.05) is 20.3 Å². The number of carbonyl (C=O) groups is 1. The number of thiocarbonyl (C=S) groups is 1. The van der Waals surface area contributed by atoms with E-state index in [-0.39, 0.29) is 0 Å². The topological polar surface area (TPSA) is 92.2 Å². The first kappa shape index (κ1) is 17.7. The number of hydrogen-bond acceptors (Lipinski definition) is 5. The molecule has 0 fully saturated rings. The van der Waals surface area contributed by atoms with Gasteiger partial charge in [-0.05, 0) is 44.3 Å². The van der Waals surface area contributed by atoms with Gasteiger partial charge in [0.1, 0.15) is 0 Å². The van der Waals surface area contributed by atoms with E-state index in [1.165, 1.54) is 7.11 Å². The highest BCUT2D eigenvalue weighted by atomic mass is 32.1. The average Bonchev–Trinajstić information content (AvgIpc) is 2.50. The molecule has 22 heavy (non-hydrogen) atoms. The van der Waals surface area contributed by atoms with Crippen LogP contribution < -0.4 is 20.2 Å². The van der Waals surface area contributed by atoms with Gasteiger partial charge in [-0.25, -0.2) is 4.79 Å². The van der Waals surface area contributed by atoms with Gasteiger partial charge in [0.05, 0.1) is 12.8 Å². The number of hydrazone groups is 1. The van der Waals surface area contributed by atoms with E-state index >= 15 is 0 Å². The summed E-state index contributed by atoms with van der Waals surface area (Å²) in [5.41, 5.74) is 4.23. The third-order valence-electron chi connectivity index (χ3n) is 2.60. The van der Waals surface area contributed by atoms with E-state index in [2.05, 4.69) is 15.8 Å². The summed E-state index contributed by atoms with van der Waals surface area (Å²) in [6, 6.07) is 5.11. The first-order chi connectivity index (χ1) is 10.5. The zero-order chi connectivity index (χ0) is 16.5. The van der Waals surface area contributed by atoms with Gasteiger partial charge in [-0.2, -0.15) is 5.10 Å². The smallest absolute Gasteiger partial charge is 0.341 e. The lowest BCUT2D eigenvalue weighted by molar-refractivity contribution is -0.139. The largest absolute Gasteiger partial charge is 0.493 e. The summed E-state index contributed by atoms with van der Waals surface area (Å²) in [7, 11) is 1.48. The van der Waals surface area contributed by atoms with Crippen LogP contribution in [0.1, 0.15) is 19.4 Å². The van der Waals surface area contributed by atoms with E-state index in [0.29, 0.717) is 28.9 Å². The number of nitrogens with one attached hydrogen (secondary N) is 2. The molecule has 3 N–H and O–H groups in total. The molecule has 0 heterocycles. The summed E-state index contributed by atoms with van der Waals surface area (Å²) in [5, 5.41) is 16.2. The Morgan fingerprint density at radius 3 is 2.73 bits per heavy atom. The van der Waals surface area contributed by atoms with Crippen molar-refractivity contribution in [1.29, 1.82) is 0 Å². The molecule has 1 aromatic carbocycles. The Morgan fingerprint density at radius 2 is 2.14 bits per heavy atom. The van der Waals surface area contributed by atoms with Crippen LogP contribution in [-0.2, 0) is 4.79 Å². The van der Waals surface area contributed by atoms with Crippen LogP contribution in [0.3, 0.4) is 0 Å². The summed E-state index contributed by atoms with van der Waals surface area (Å²) < 4.78 is 10.3. The maximum atomic E-state index is 10.5. The molecule has 7 nitrogen and oxygen atoms in total. The van der Waals surface area contributed by atoms with E-state index in [1.54, 1.807) is 18.2 Å². The molecular weight excluding hydrogens is 306 g/mol. The van der Waals surface area contributed by atoms with Gasteiger partial charge in [0, 0.05) is 12.1 Å². The molecule has 8 heteroatoms. The fourth-order valence-corrected chi connectivity index (χ4v) is 1.74. The molecule has 0 unspecified atom stereocenters. The van der Waals surface area contributed by atoms with Crippen LogP contribution in [0.4, 0.5) is 0 Å². The molecule has 0 aliphatic rings. The van der Waals surface area contributed by atoms with E-state index in [4.69, 9.17) is 26.8 Å². The number of rotatable bonds is 7. The van der Waals surface area contributed by atoms with Crippen molar-refractivity contribution in [1.82, 2.24) is 10.7 Å². The van der Waals surface area contributed by atoms with Crippen molar-refractivity contribution in [3.05, 3.63) is 23.8 Å². The summed E-state index contributed by atoms with van der Waals surface area (Å²) in [6.07, 6.45) is 0. The molecule has 1 rings (SSSR count). The van der Waals surface area contributed by atoms with Crippen molar-refractivity contribution >= 4 is 29.0 Å². The zero-order valence-electron chi connectivity index (χ0n) is 12.7. The van der Waals surface area contributed by atoms with Crippen molar-refractivity contribution in [2.45, 2.75) is 13.8 Å². The highest BCUT2D eigenvalue weighted by molar-refractivity contribution is 7.80. The van der Waals surface area contributed by atoms with Gasteiger partial charge in [0.2, 0.25) is 0 Å². The Balaban J connectivity index is 2.85. The molecular formula is C14H19N3O4S. The highest BCUT2D eigenvalue weighted by Gasteiger charge is 2.09.